The Morgan fingerprint density at radius 1 is 1.08 bits per heavy atom. The summed E-state index contributed by atoms with van der Waals surface area (Å²) < 4.78 is 25.9. The van der Waals surface area contributed by atoms with Crippen LogP contribution >= 0.6 is 0 Å². The van der Waals surface area contributed by atoms with E-state index in [0.717, 1.165) is 17.5 Å². The van der Waals surface area contributed by atoms with Crippen molar-refractivity contribution in [1.29, 1.82) is 0 Å². The number of anilines is 2. The fraction of sp³-hybridized carbons (Fsp3) is 0.241. The monoisotopic (exact) mass is 531 g/mol. The molecule has 1 atom stereocenters. The lowest BCUT2D eigenvalue weighted by atomic mass is 10.1. The topological polar surface area (TPSA) is 118 Å². The lowest BCUT2D eigenvalue weighted by Crippen LogP contribution is -2.33. The molecule has 0 fully saturated rings. The Balaban J connectivity index is 1.67. The second kappa shape index (κ2) is 13.4. The third-order valence-electron chi connectivity index (χ3n) is 5.79. The summed E-state index contributed by atoms with van der Waals surface area (Å²) in [5.41, 5.74) is 2.71. The number of aromatic nitrogens is 3. The second-order valence-electron chi connectivity index (χ2n) is 8.51. The number of hydrogen-bond acceptors (Lipinski definition) is 8. The normalized spacial score (nSPS) is 11.6. The molecular formula is C29H30FN5O4. The molecule has 1 unspecified atom stereocenters. The Labute approximate surface area is 226 Å². The summed E-state index contributed by atoms with van der Waals surface area (Å²) in [5, 5.41) is 15.6. The number of aliphatic hydroxyl groups is 1. The molecule has 3 N–H and O–H groups in total. The van der Waals surface area contributed by atoms with E-state index >= 15 is 0 Å². The number of halogens is 1. The number of amides is 1. The number of benzene rings is 2. The van der Waals surface area contributed by atoms with E-state index in [4.69, 9.17) is 9.47 Å². The van der Waals surface area contributed by atoms with Crippen LogP contribution in [0.15, 0.2) is 73.2 Å². The highest BCUT2D eigenvalue weighted by Crippen LogP contribution is 2.31. The minimum Gasteiger partial charge on any atom is -0.483 e. The first-order chi connectivity index (χ1) is 19.0. The summed E-state index contributed by atoms with van der Waals surface area (Å²) in [4.78, 5) is 25.9. The maximum absolute atomic E-state index is 14.8. The van der Waals surface area contributed by atoms with Gasteiger partial charge in [0.15, 0.2) is 23.7 Å². The van der Waals surface area contributed by atoms with Gasteiger partial charge in [0.2, 0.25) is 0 Å². The Bertz CT molecular complexity index is 1400. The fourth-order valence-electron chi connectivity index (χ4n) is 3.73. The Morgan fingerprint density at radius 3 is 2.67 bits per heavy atom. The molecule has 0 radical (unpaired) electrons. The molecule has 0 aliphatic carbocycles. The lowest BCUT2D eigenvalue weighted by Gasteiger charge is -2.16. The van der Waals surface area contributed by atoms with Gasteiger partial charge in [-0.1, -0.05) is 43.3 Å². The molecule has 4 rings (SSSR count). The van der Waals surface area contributed by atoms with Crippen molar-refractivity contribution < 1.29 is 23.8 Å². The minimum atomic E-state index is -1.14. The molecule has 0 aliphatic rings. The first-order valence-electron chi connectivity index (χ1n) is 12.6. The average molecular weight is 532 g/mol. The molecule has 0 bridgehead atoms. The van der Waals surface area contributed by atoms with Crippen molar-refractivity contribution in [2.75, 3.05) is 18.5 Å². The van der Waals surface area contributed by atoms with Gasteiger partial charge < -0.3 is 25.2 Å². The van der Waals surface area contributed by atoms with Crippen LogP contribution in [-0.4, -0.2) is 45.4 Å². The standard InChI is InChI=1S/C29H30FN5O4/c1-3-19-10-11-23(30)21(14-19)27-32-16-25(39-18-20-8-6-5-7-9-20)28(35-27)34-24-12-13-31-15-22(24)29(37)33-17-26(36)38-4-2/h5-16,26,36H,3-4,17-18H2,1-2H3,(H,33,37)(H,31,32,34,35). The van der Waals surface area contributed by atoms with Gasteiger partial charge in [0.1, 0.15) is 12.4 Å². The van der Waals surface area contributed by atoms with Crippen LogP contribution in [0.5, 0.6) is 5.75 Å². The Kier molecular flexibility index (Phi) is 9.49. The van der Waals surface area contributed by atoms with E-state index in [1.54, 1.807) is 25.1 Å². The van der Waals surface area contributed by atoms with E-state index in [1.807, 2.05) is 37.3 Å². The van der Waals surface area contributed by atoms with E-state index in [9.17, 15) is 14.3 Å². The SMILES string of the molecule is CCOC(O)CNC(=O)c1cnccc1Nc1nc(-c2cc(CC)ccc2F)ncc1OCc1ccccc1. The number of hydrogen-bond donors (Lipinski definition) is 3. The summed E-state index contributed by atoms with van der Waals surface area (Å²) in [6.07, 6.45) is 3.98. The van der Waals surface area contributed by atoms with Crippen molar-refractivity contribution in [1.82, 2.24) is 20.3 Å². The number of rotatable bonds is 12. The van der Waals surface area contributed by atoms with Gasteiger partial charge in [0, 0.05) is 19.0 Å². The zero-order valence-corrected chi connectivity index (χ0v) is 21.7. The molecular weight excluding hydrogens is 501 g/mol. The summed E-state index contributed by atoms with van der Waals surface area (Å²) in [5.74, 6) is -0.214. The van der Waals surface area contributed by atoms with Crippen molar-refractivity contribution in [3.63, 3.8) is 0 Å². The average Bonchev–Trinajstić information content (AvgIpc) is 2.96. The number of pyridine rings is 1. The predicted octanol–water partition coefficient (Wildman–Crippen LogP) is 4.65. The summed E-state index contributed by atoms with van der Waals surface area (Å²) in [7, 11) is 0. The Hall–Kier alpha value is -4.41. The third-order valence-corrected chi connectivity index (χ3v) is 5.79. The van der Waals surface area contributed by atoms with E-state index in [0.29, 0.717) is 18.0 Å². The number of nitrogens with one attached hydrogen (secondary N) is 2. The van der Waals surface area contributed by atoms with E-state index in [-0.39, 0.29) is 35.9 Å². The smallest absolute Gasteiger partial charge is 0.255 e. The second-order valence-corrected chi connectivity index (χ2v) is 8.51. The van der Waals surface area contributed by atoms with Gasteiger partial charge in [-0.05, 0) is 42.7 Å². The molecule has 0 spiro atoms. The number of ether oxygens (including phenoxy) is 2. The van der Waals surface area contributed by atoms with Gasteiger partial charge in [-0.15, -0.1) is 0 Å². The van der Waals surface area contributed by atoms with Gasteiger partial charge in [0.05, 0.1) is 29.6 Å². The van der Waals surface area contributed by atoms with Gasteiger partial charge in [-0.25, -0.2) is 14.4 Å². The van der Waals surface area contributed by atoms with Crippen molar-refractivity contribution in [3.8, 4) is 17.1 Å². The van der Waals surface area contributed by atoms with E-state index in [1.165, 1.54) is 24.7 Å². The molecule has 39 heavy (non-hydrogen) atoms. The zero-order valence-electron chi connectivity index (χ0n) is 21.7. The van der Waals surface area contributed by atoms with Crippen LogP contribution in [0, 0.1) is 5.82 Å². The van der Waals surface area contributed by atoms with Crippen LogP contribution in [0.4, 0.5) is 15.9 Å². The highest BCUT2D eigenvalue weighted by molar-refractivity contribution is 6.00. The first kappa shape index (κ1) is 27.6. The predicted molar refractivity (Wildman–Crippen MR) is 145 cm³/mol. The molecule has 0 aliphatic heterocycles. The highest BCUT2D eigenvalue weighted by Gasteiger charge is 2.18. The molecule has 202 valence electrons. The quantitative estimate of drug-likeness (QED) is 0.226. The number of carbonyl (C=O) groups is 1. The van der Waals surface area contributed by atoms with Gasteiger partial charge >= 0.3 is 0 Å². The number of nitrogens with zero attached hydrogens (tertiary/aromatic N) is 3. The largest absolute Gasteiger partial charge is 0.483 e. The van der Waals surface area contributed by atoms with Gasteiger partial charge in [-0.2, -0.15) is 0 Å². The lowest BCUT2D eigenvalue weighted by molar-refractivity contribution is -0.0900. The summed E-state index contributed by atoms with van der Waals surface area (Å²) >= 11 is 0. The van der Waals surface area contributed by atoms with E-state index < -0.39 is 18.0 Å². The molecule has 2 aromatic carbocycles. The number of carbonyl (C=O) groups excluding carboxylic acids is 1. The zero-order chi connectivity index (χ0) is 27.6. The van der Waals surface area contributed by atoms with Crippen LogP contribution in [0.1, 0.15) is 35.3 Å². The van der Waals surface area contributed by atoms with Crippen LogP contribution in [0.3, 0.4) is 0 Å². The highest BCUT2D eigenvalue weighted by atomic mass is 19.1. The van der Waals surface area contributed by atoms with Crippen LogP contribution in [-0.2, 0) is 17.8 Å². The molecule has 2 heterocycles. The summed E-state index contributed by atoms with van der Waals surface area (Å²) in [6.45, 7) is 4.18. The minimum absolute atomic E-state index is 0.100. The fourth-order valence-corrected chi connectivity index (χ4v) is 3.73. The Morgan fingerprint density at radius 2 is 1.90 bits per heavy atom. The van der Waals surface area contributed by atoms with E-state index in [2.05, 4.69) is 25.6 Å². The van der Waals surface area contributed by atoms with Crippen LogP contribution in [0.25, 0.3) is 11.4 Å². The summed E-state index contributed by atoms with van der Waals surface area (Å²) in [6, 6.07) is 16.0. The molecule has 4 aromatic rings. The maximum Gasteiger partial charge on any atom is 0.255 e. The maximum atomic E-state index is 14.8. The molecule has 9 nitrogen and oxygen atoms in total. The van der Waals surface area contributed by atoms with Crippen molar-refractivity contribution >= 4 is 17.4 Å². The molecule has 2 aromatic heterocycles. The van der Waals surface area contributed by atoms with Crippen molar-refractivity contribution in [2.24, 2.45) is 0 Å². The molecule has 0 saturated carbocycles. The first-order valence-corrected chi connectivity index (χ1v) is 12.6. The van der Waals surface area contributed by atoms with Crippen LogP contribution in [0.2, 0.25) is 0 Å². The van der Waals surface area contributed by atoms with Crippen molar-refractivity contribution in [3.05, 3.63) is 95.7 Å². The number of aryl methyl sites for hydroxylation is 1. The molecule has 10 heteroatoms. The third kappa shape index (κ3) is 7.34. The van der Waals surface area contributed by atoms with Gasteiger partial charge in [0.25, 0.3) is 5.91 Å². The molecule has 0 saturated heterocycles. The molecule has 1 amide bonds. The van der Waals surface area contributed by atoms with Crippen LogP contribution < -0.4 is 15.4 Å². The van der Waals surface area contributed by atoms with Crippen molar-refractivity contribution in [2.45, 2.75) is 33.2 Å². The number of aliphatic hydroxyl groups excluding tert-OH is 1. The van der Waals surface area contributed by atoms with Gasteiger partial charge in [-0.3, -0.25) is 9.78 Å².